The van der Waals surface area contributed by atoms with E-state index in [1.165, 1.54) is 14.2 Å². The molecule has 1 aromatic heterocycles. The molecule has 2 atom stereocenters. The molecule has 0 aliphatic rings. The van der Waals surface area contributed by atoms with Gasteiger partial charge in [-0.3, -0.25) is 14.4 Å². The van der Waals surface area contributed by atoms with Crippen molar-refractivity contribution in [1.82, 2.24) is 14.9 Å². The minimum absolute atomic E-state index is 0.00761. The van der Waals surface area contributed by atoms with Crippen LogP contribution in [0.2, 0.25) is 0 Å². The molecule has 4 rings (SSSR count). The Morgan fingerprint density at radius 3 is 2.14 bits per heavy atom. The average Bonchev–Trinajstić information content (AvgIpc) is 3.57. The number of nitrogens with two attached hydrogens (primary N) is 1. The maximum atomic E-state index is 15.2. The zero-order valence-corrected chi connectivity index (χ0v) is 30.2. The van der Waals surface area contributed by atoms with Gasteiger partial charge in [0.15, 0.2) is 0 Å². The number of methoxy groups -OCH3 is 2. The van der Waals surface area contributed by atoms with Crippen LogP contribution < -0.4 is 10.5 Å². The first-order valence-electron chi connectivity index (χ1n) is 16.3. The smallest absolute Gasteiger partial charge is 0.341 e. The van der Waals surface area contributed by atoms with Crippen molar-refractivity contribution in [3.8, 4) is 17.0 Å². The zero-order valence-electron chi connectivity index (χ0n) is 30.2. The van der Waals surface area contributed by atoms with Crippen LogP contribution in [-0.2, 0) is 32.0 Å². The number of nitrogens with one attached hydrogen (secondary N) is 1. The third kappa shape index (κ3) is 8.22. The molecule has 0 saturated carbocycles. The number of amides is 2. The van der Waals surface area contributed by atoms with Crippen molar-refractivity contribution < 1.29 is 33.4 Å². The second-order valence-corrected chi connectivity index (χ2v) is 13.6. The fourth-order valence-corrected chi connectivity index (χ4v) is 5.88. The molecule has 264 valence electrons. The van der Waals surface area contributed by atoms with Crippen molar-refractivity contribution in [2.45, 2.75) is 73.1 Å². The molecule has 3 aromatic carbocycles. The standard InChI is InChI=1S/C39H46N4O7/c1-23-17-28(33(40)44)18-24(2)30(23)20-39(7,37(47)50-38(4,5)6)36(46)43(22-26-15-16-32(48-8)29(19-26)35(45)49-9)25(3)34-41-21-31(42-34)27-13-11-10-12-14-27/h10-19,21,25H,20,22H2,1-9H3,(H2,40,44)(H,41,42). The predicted molar refractivity (Wildman–Crippen MR) is 189 cm³/mol. The maximum absolute atomic E-state index is 15.2. The lowest BCUT2D eigenvalue weighted by Gasteiger charge is -2.38. The highest BCUT2D eigenvalue weighted by molar-refractivity contribution is 6.03. The van der Waals surface area contributed by atoms with Gasteiger partial charge in [0.1, 0.15) is 28.2 Å². The molecule has 0 radical (unpaired) electrons. The molecule has 2 amide bonds. The number of aromatic nitrogens is 2. The summed E-state index contributed by atoms with van der Waals surface area (Å²) in [5.41, 5.74) is 7.84. The van der Waals surface area contributed by atoms with Crippen molar-refractivity contribution in [3.05, 3.63) is 106 Å². The zero-order chi connectivity index (χ0) is 37.0. The lowest BCUT2D eigenvalue weighted by atomic mass is 9.78. The van der Waals surface area contributed by atoms with Crippen molar-refractivity contribution in [2.24, 2.45) is 11.1 Å². The normalized spacial score (nSPS) is 13.1. The molecule has 1 heterocycles. The van der Waals surface area contributed by atoms with Crippen LogP contribution in [0.1, 0.15) is 89.5 Å². The van der Waals surface area contributed by atoms with Crippen LogP contribution in [0.3, 0.4) is 0 Å². The van der Waals surface area contributed by atoms with Crippen molar-refractivity contribution >= 4 is 23.8 Å². The lowest BCUT2D eigenvalue weighted by Crippen LogP contribution is -2.51. The van der Waals surface area contributed by atoms with Crippen LogP contribution in [0.25, 0.3) is 11.3 Å². The topological polar surface area (TPSA) is 154 Å². The number of carbonyl (C=O) groups is 4. The molecule has 0 bridgehead atoms. The number of primary amides is 1. The van der Waals surface area contributed by atoms with E-state index in [9.17, 15) is 14.4 Å². The number of hydrogen-bond donors (Lipinski definition) is 2. The van der Waals surface area contributed by atoms with Crippen LogP contribution in [0.4, 0.5) is 0 Å². The van der Waals surface area contributed by atoms with Gasteiger partial charge in [0.25, 0.3) is 0 Å². The summed E-state index contributed by atoms with van der Waals surface area (Å²) in [5, 5.41) is 0. The van der Waals surface area contributed by atoms with E-state index in [1.54, 1.807) is 69.1 Å². The number of aromatic amines is 1. The van der Waals surface area contributed by atoms with Gasteiger partial charge < -0.3 is 29.8 Å². The van der Waals surface area contributed by atoms with E-state index in [-0.39, 0.29) is 18.5 Å². The van der Waals surface area contributed by atoms with Crippen LogP contribution >= 0.6 is 0 Å². The van der Waals surface area contributed by atoms with Crippen LogP contribution in [0, 0.1) is 19.3 Å². The van der Waals surface area contributed by atoms with Crippen LogP contribution in [0.15, 0.2) is 66.9 Å². The summed E-state index contributed by atoms with van der Waals surface area (Å²) < 4.78 is 16.3. The number of nitrogens with zero attached hydrogens (tertiary/aromatic N) is 2. The molecule has 0 spiro atoms. The van der Waals surface area contributed by atoms with Gasteiger partial charge in [0.05, 0.1) is 32.2 Å². The molecule has 11 heteroatoms. The molecule has 4 aromatic rings. The fourth-order valence-electron chi connectivity index (χ4n) is 5.88. The lowest BCUT2D eigenvalue weighted by molar-refractivity contribution is -0.174. The highest BCUT2D eigenvalue weighted by Gasteiger charge is 2.48. The van der Waals surface area contributed by atoms with E-state index in [4.69, 9.17) is 19.9 Å². The molecule has 50 heavy (non-hydrogen) atoms. The fraction of sp³-hybridized carbons (Fsp3) is 0.359. The van der Waals surface area contributed by atoms with E-state index in [0.29, 0.717) is 39.4 Å². The Bertz CT molecular complexity index is 1870. The van der Waals surface area contributed by atoms with Gasteiger partial charge in [0.2, 0.25) is 11.8 Å². The Hall–Kier alpha value is -5.45. The number of esters is 2. The number of rotatable bonds is 12. The monoisotopic (exact) mass is 682 g/mol. The number of aryl methyl sites for hydroxylation is 2. The molecule has 0 aliphatic heterocycles. The first kappa shape index (κ1) is 37.4. The number of carbonyl (C=O) groups excluding carboxylic acids is 4. The summed E-state index contributed by atoms with van der Waals surface area (Å²) in [5.74, 6) is -1.60. The van der Waals surface area contributed by atoms with Gasteiger partial charge in [-0.15, -0.1) is 0 Å². The first-order chi connectivity index (χ1) is 23.5. The van der Waals surface area contributed by atoms with Gasteiger partial charge in [-0.05, 0) is 107 Å². The number of imidazole rings is 1. The molecule has 0 saturated heterocycles. The Kier molecular flexibility index (Phi) is 11.2. The SMILES string of the molecule is COC(=O)c1cc(CN(C(=O)C(C)(Cc2c(C)cc(C(N)=O)cc2C)C(=O)OC(C)(C)C)C(C)c2ncc(-c3ccccc3)[nH]2)ccc1OC. The highest BCUT2D eigenvalue weighted by atomic mass is 16.6. The molecule has 0 fully saturated rings. The number of hydrogen-bond acceptors (Lipinski definition) is 8. The summed E-state index contributed by atoms with van der Waals surface area (Å²) in [4.78, 5) is 63.7. The van der Waals surface area contributed by atoms with E-state index in [0.717, 1.165) is 11.3 Å². The molecular formula is C39H46N4O7. The van der Waals surface area contributed by atoms with Crippen molar-refractivity contribution in [3.63, 3.8) is 0 Å². The van der Waals surface area contributed by atoms with Crippen LogP contribution in [-0.4, -0.2) is 58.4 Å². The largest absolute Gasteiger partial charge is 0.496 e. The van der Waals surface area contributed by atoms with E-state index in [2.05, 4.69) is 9.97 Å². The van der Waals surface area contributed by atoms with E-state index in [1.807, 2.05) is 51.1 Å². The van der Waals surface area contributed by atoms with E-state index < -0.39 is 40.8 Å². The molecule has 2 unspecified atom stereocenters. The minimum Gasteiger partial charge on any atom is -0.496 e. The number of H-pyrrole nitrogens is 1. The molecule has 3 N–H and O–H groups in total. The molecule has 11 nitrogen and oxygen atoms in total. The summed E-state index contributed by atoms with van der Waals surface area (Å²) in [7, 11) is 2.73. The third-order valence-corrected chi connectivity index (χ3v) is 8.66. The van der Waals surface area contributed by atoms with E-state index >= 15 is 4.79 Å². The Balaban J connectivity index is 1.88. The van der Waals surface area contributed by atoms with Crippen molar-refractivity contribution in [2.75, 3.05) is 14.2 Å². The van der Waals surface area contributed by atoms with Gasteiger partial charge >= 0.3 is 11.9 Å². The summed E-state index contributed by atoms with van der Waals surface area (Å²) >= 11 is 0. The Morgan fingerprint density at radius 1 is 0.940 bits per heavy atom. The number of ether oxygens (including phenoxy) is 3. The first-order valence-corrected chi connectivity index (χ1v) is 16.3. The van der Waals surface area contributed by atoms with Crippen LogP contribution in [0.5, 0.6) is 5.75 Å². The quantitative estimate of drug-likeness (QED) is 0.131. The average molecular weight is 683 g/mol. The third-order valence-electron chi connectivity index (χ3n) is 8.66. The Labute approximate surface area is 293 Å². The second kappa shape index (κ2) is 15.0. The summed E-state index contributed by atoms with van der Waals surface area (Å²) in [6.45, 7) is 12.3. The minimum atomic E-state index is -1.74. The number of benzene rings is 3. The predicted octanol–water partition coefficient (Wildman–Crippen LogP) is 6.27. The molecular weight excluding hydrogens is 636 g/mol. The Morgan fingerprint density at radius 2 is 1.58 bits per heavy atom. The van der Waals surface area contributed by atoms with Gasteiger partial charge in [-0.25, -0.2) is 9.78 Å². The highest BCUT2D eigenvalue weighted by Crippen LogP contribution is 2.36. The second-order valence-electron chi connectivity index (χ2n) is 13.6. The summed E-state index contributed by atoms with van der Waals surface area (Å²) in [6.07, 6.45) is 1.68. The summed E-state index contributed by atoms with van der Waals surface area (Å²) in [6, 6.07) is 17.3. The van der Waals surface area contributed by atoms with Gasteiger partial charge in [0, 0.05) is 12.1 Å². The maximum Gasteiger partial charge on any atom is 0.341 e. The molecule has 0 aliphatic carbocycles. The van der Waals surface area contributed by atoms with Gasteiger partial charge in [-0.2, -0.15) is 0 Å². The van der Waals surface area contributed by atoms with Crippen molar-refractivity contribution in [1.29, 1.82) is 0 Å². The van der Waals surface area contributed by atoms with Gasteiger partial charge in [-0.1, -0.05) is 36.4 Å².